The van der Waals surface area contributed by atoms with Crippen molar-refractivity contribution in [2.24, 2.45) is 0 Å². The SMILES string of the molecule is CC[C@H](C)NC(=O)c1snnc1-c1ccc(Br)cc1. The molecule has 0 radical (unpaired) electrons. The minimum Gasteiger partial charge on any atom is -0.349 e. The third-order valence-electron chi connectivity index (χ3n) is 2.80. The maximum absolute atomic E-state index is 12.1. The number of nitrogens with zero attached hydrogens (tertiary/aromatic N) is 2. The minimum atomic E-state index is -0.109. The molecule has 0 fully saturated rings. The topological polar surface area (TPSA) is 54.9 Å². The lowest BCUT2D eigenvalue weighted by Crippen LogP contribution is -2.31. The highest BCUT2D eigenvalue weighted by molar-refractivity contribution is 9.10. The van der Waals surface area contributed by atoms with Crippen LogP contribution in [0.4, 0.5) is 0 Å². The molecule has 1 N–H and O–H groups in total. The molecule has 4 nitrogen and oxygen atoms in total. The Bertz CT molecular complexity index is 568. The molecule has 0 saturated heterocycles. The van der Waals surface area contributed by atoms with Crippen LogP contribution < -0.4 is 5.32 Å². The second-order valence-corrected chi connectivity index (χ2v) is 5.91. The van der Waals surface area contributed by atoms with Gasteiger partial charge in [0, 0.05) is 16.1 Å². The number of nitrogens with one attached hydrogen (secondary N) is 1. The van der Waals surface area contributed by atoms with E-state index in [0.29, 0.717) is 10.6 Å². The van der Waals surface area contributed by atoms with Crippen LogP contribution in [0.5, 0.6) is 0 Å². The fourth-order valence-electron chi connectivity index (χ4n) is 1.53. The van der Waals surface area contributed by atoms with Crippen molar-refractivity contribution in [3.05, 3.63) is 33.6 Å². The number of amides is 1. The summed E-state index contributed by atoms with van der Waals surface area (Å²) in [5, 5.41) is 7.00. The first-order valence-corrected chi connectivity index (χ1v) is 7.57. The van der Waals surface area contributed by atoms with Crippen LogP contribution in [0.2, 0.25) is 0 Å². The van der Waals surface area contributed by atoms with Crippen molar-refractivity contribution >= 4 is 33.4 Å². The minimum absolute atomic E-state index is 0.109. The Morgan fingerprint density at radius 2 is 2.11 bits per heavy atom. The Morgan fingerprint density at radius 1 is 1.42 bits per heavy atom. The summed E-state index contributed by atoms with van der Waals surface area (Å²) in [7, 11) is 0. The van der Waals surface area contributed by atoms with E-state index in [1.165, 1.54) is 0 Å². The van der Waals surface area contributed by atoms with E-state index in [1.807, 2.05) is 38.1 Å². The molecule has 0 aliphatic rings. The average Bonchev–Trinajstić information content (AvgIpc) is 2.88. The van der Waals surface area contributed by atoms with Gasteiger partial charge in [0.05, 0.1) is 0 Å². The molecule has 1 atom stereocenters. The molecule has 0 saturated carbocycles. The van der Waals surface area contributed by atoms with Gasteiger partial charge in [0.25, 0.3) is 5.91 Å². The van der Waals surface area contributed by atoms with Crippen molar-refractivity contribution in [1.29, 1.82) is 0 Å². The summed E-state index contributed by atoms with van der Waals surface area (Å²) in [5.41, 5.74) is 1.53. The Kier molecular flexibility index (Phi) is 4.66. The van der Waals surface area contributed by atoms with Crippen molar-refractivity contribution in [1.82, 2.24) is 14.9 Å². The van der Waals surface area contributed by atoms with Crippen LogP contribution in [0.1, 0.15) is 29.9 Å². The molecule has 2 aromatic rings. The number of benzene rings is 1. The van der Waals surface area contributed by atoms with Gasteiger partial charge in [0.1, 0.15) is 10.6 Å². The van der Waals surface area contributed by atoms with Crippen LogP contribution in [0.25, 0.3) is 11.3 Å². The summed E-state index contributed by atoms with van der Waals surface area (Å²) < 4.78 is 4.89. The molecule has 0 bridgehead atoms. The Hall–Kier alpha value is -1.27. The summed E-state index contributed by atoms with van der Waals surface area (Å²) in [6.45, 7) is 4.01. The number of carbonyl (C=O) groups excluding carboxylic acids is 1. The first-order chi connectivity index (χ1) is 9.11. The fraction of sp³-hybridized carbons (Fsp3) is 0.308. The van der Waals surface area contributed by atoms with E-state index >= 15 is 0 Å². The molecule has 0 unspecified atom stereocenters. The highest BCUT2D eigenvalue weighted by atomic mass is 79.9. The van der Waals surface area contributed by atoms with Gasteiger partial charge in [0.2, 0.25) is 0 Å². The molecule has 1 heterocycles. The van der Waals surface area contributed by atoms with Crippen molar-refractivity contribution in [3.8, 4) is 11.3 Å². The molecular weight excluding hydrogens is 326 g/mol. The number of hydrogen-bond acceptors (Lipinski definition) is 4. The lowest BCUT2D eigenvalue weighted by atomic mass is 10.1. The molecule has 2 rings (SSSR count). The molecule has 19 heavy (non-hydrogen) atoms. The predicted octanol–water partition coefficient (Wildman–Crippen LogP) is 3.50. The van der Waals surface area contributed by atoms with Crippen molar-refractivity contribution in [3.63, 3.8) is 0 Å². The van der Waals surface area contributed by atoms with Crippen LogP contribution in [-0.2, 0) is 0 Å². The molecule has 0 aliphatic heterocycles. The Morgan fingerprint density at radius 3 is 2.74 bits per heavy atom. The van der Waals surface area contributed by atoms with E-state index in [1.54, 1.807) is 0 Å². The molecule has 0 aliphatic carbocycles. The van der Waals surface area contributed by atoms with Gasteiger partial charge < -0.3 is 5.32 Å². The van der Waals surface area contributed by atoms with E-state index in [2.05, 4.69) is 30.8 Å². The molecular formula is C13H14BrN3OS. The lowest BCUT2D eigenvalue weighted by Gasteiger charge is -2.10. The van der Waals surface area contributed by atoms with Crippen molar-refractivity contribution in [2.75, 3.05) is 0 Å². The van der Waals surface area contributed by atoms with E-state index in [9.17, 15) is 4.79 Å². The second-order valence-electron chi connectivity index (χ2n) is 4.24. The standard InChI is InChI=1S/C13H14BrN3OS/c1-3-8(2)15-13(18)12-11(16-17-19-12)9-4-6-10(14)7-5-9/h4-8H,3H2,1-2H3,(H,15,18)/t8-/m0/s1. The molecule has 6 heteroatoms. The van der Waals surface area contributed by atoms with Crippen LogP contribution in [0, 0.1) is 0 Å². The quantitative estimate of drug-likeness (QED) is 0.927. The van der Waals surface area contributed by atoms with Crippen LogP contribution in [0.3, 0.4) is 0 Å². The van der Waals surface area contributed by atoms with Gasteiger partial charge in [-0.25, -0.2) is 0 Å². The summed E-state index contributed by atoms with van der Waals surface area (Å²) in [5.74, 6) is -0.109. The zero-order chi connectivity index (χ0) is 13.8. The van der Waals surface area contributed by atoms with Gasteiger partial charge in [-0.15, -0.1) is 5.10 Å². The highest BCUT2D eigenvalue weighted by Crippen LogP contribution is 2.25. The van der Waals surface area contributed by atoms with Gasteiger partial charge in [-0.05, 0) is 37.0 Å². The Balaban J connectivity index is 2.27. The molecule has 1 aromatic carbocycles. The normalized spacial score (nSPS) is 12.2. The van der Waals surface area contributed by atoms with E-state index in [-0.39, 0.29) is 11.9 Å². The van der Waals surface area contributed by atoms with E-state index in [4.69, 9.17) is 0 Å². The number of hydrogen-bond donors (Lipinski definition) is 1. The van der Waals surface area contributed by atoms with Crippen molar-refractivity contribution < 1.29 is 4.79 Å². The van der Waals surface area contributed by atoms with Crippen LogP contribution in [-0.4, -0.2) is 21.5 Å². The van der Waals surface area contributed by atoms with Gasteiger partial charge in [-0.3, -0.25) is 4.79 Å². The first kappa shape index (κ1) is 14.1. The fourth-order valence-corrected chi connectivity index (χ4v) is 2.38. The molecule has 1 aromatic heterocycles. The van der Waals surface area contributed by atoms with Gasteiger partial charge >= 0.3 is 0 Å². The smallest absolute Gasteiger partial charge is 0.265 e. The van der Waals surface area contributed by atoms with Crippen LogP contribution in [0.15, 0.2) is 28.7 Å². The molecule has 1 amide bonds. The third kappa shape index (κ3) is 3.39. The molecule has 0 spiro atoms. The summed E-state index contributed by atoms with van der Waals surface area (Å²) >= 11 is 4.51. The number of aromatic nitrogens is 2. The van der Waals surface area contributed by atoms with E-state index in [0.717, 1.165) is 28.0 Å². The van der Waals surface area contributed by atoms with E-state index < -0.39 is 0 Å². The predicted molar refractivity (Wildman–Crippen MR) is 80.3 cm³/mol. The van der Waals surface area contributed by atoms with Crippen molar-refractivity contribution in [2.45, 2.75) is 26.3 Å². The highest BCUT2D eigenvalue weighted by Gasteiger charge is 2.18. The van der Waals surface area contributed by atoms with Gasteiger partial charge in [0.15, 0.2) is 0 Å². The monoisotopic (exact) mass is 339 g/mol. The maximum atomic E-state index is 12.1. The average molecular weight is 340 g/mol. The number of halogens is 1. The largest absolute Gasteiger partial charge is 0.349 e. The maximum Gasteiger partial charge on any atom is 0.265 e. The number of carbonyl (C=O) groups is 1. The lowest BCUT2D eigenvalue weighted by molar-refractivity contribution is 0.0944. The molecule has 100 valence electrons. The summed E-state index contributed by atoms with van der Waals surface area (Å²) in [6, 6.07) is 7.82. The van der Waals surface area contributed by atoms with Gasteiger partial charge in [-0.2, -0.15) is 0 Å². The zero-order valence-corrected chi connectivity index (χ0v) is 13.1. The number of rotatable bonds is 4. The zero-order valence-electron chi connectivity index (χ0n) is 10.7. The third-order valence-corrected chi connectivity index (χ3v) is 4.06. The first-order valence-electron chi connectivity index (χ1n) is 6.01. The second kappa shape index (κ2) is 6.25. The van der Waals surface area contributed by atoms with Crippen LogP contribution >= 0.6 is 27.5 Å². The summed E-state index contributed by atoms with van der Waals surface area (Å²) in [4.78, 5) is 12.7. The summed E-state index contributed by atoms with van der Waals surface area (Å²) in [6.07, 6.45) is 0.894. The Labute approximate surface area is 124 Å². The van der Waals surface area contributed by atoms with Gasteiger partial charge in [-0.1, -0.05) is 39.5 Å².